The van der Waals surface area contributed by atoms with Crippen LogP contribution in [-0.4, -0.2) is 56.5 Å². The number of morpholine rings is 1. The lowest BCUT2D eigenvalue weighted by Gasteiger charge is -2.34. The summed E-state index contributed by atoms with van der Waals surface area (Å²) in [6.07, 6.45) is -0.461. The average Bonchev–Trinajstić information content (AvgIpc) is 2.76. The van der Waals surface area contributed by atoms with Gasteiger partial charge in [-0.1, -0.05) is 35.9 Å². The quantitative estimate of drug-likeness (QED) is 0.611. The van der Waals surface area contributed by atoms with Crippen molar-refractivity contribution in [1.29, 1.82) is 0 Å². The second kappa shape index (κ2) is 10.4. The number of sulfonamides is 1. The minimum absolute atomic E-state index is 0.0172. The Bertz CT molecular complexity index is 1080. The fourth-order valence-electron chi connectivity index (χ4n) is 3.36. The van der Waals surface area contributed by atoms with E-state index in [1.54, 1.807) is 24.3 Å². The summed E-state index contributed by atoms with van der Waals surface area (Å²) in [5.41, 5.74) is 0.776. The summed E-state index contributed by atoms with van der Waals surface area (Å²) in [6.45, 7) is 3.77. The van der Waals surface area contributed by atoms with E-state index in [-0.39, 0.29) is 42.3 Å². The van der Waals surface area contributed by atoms with Crippen LogP contribution in [0.25, 0.3) is 0 Å². The maximum atomic E-state index is 13.0. The molecule has 1 N–H and O–H groups in total. The third-order valence-corrected chi connectivity index (χ3v) is 7.06. The van der Waals surface area contributed by atoms with Gasteiger partial charge in [0.25, 0.3) is 5.91 Å². The highest BCUT2D eigenvalue weighted by Gasteiger charge is 2.32. The Balaban J connectivity index is 1.60. The largest absolute Gasteiger partial charge is 0.452 e. The van der Waals surface area contributed by atoms with E-state index in [4.69, 9.17) is 21.1 Å². The van der Waals surface area contributed by atoms with Crippen LogP contribution < -0.4 is 5.32 Å². The molecule has 2 aromatic carbocycles. The molecule has 0 spiro atoms. The van der Waals surface area contributed by atoms with Crippen LogP contribution in [-0.2, 0) is 30.8 Å². The van der Waals surface area contributed by atoms with Gasteiger partial charge < -0.3 is 14.8 Å². The Kier molecular flexibility index (Phi) is 7.89. The fraction of sp³-hybridized carbons (Fsp3) is 0.364. The van der Waals surface area contributed by atoms with Crippen LogP contribution >= 0.6 is 11.6 Å². The third kappa shape index (κ3) is 6.07. The van der Waals surface area contributed by atoms with Gasteiger partial charge in [0.05, 0.1) is 22.7 Å². The average molecular weight is 481 g/mol. The SMILES string of the molecule is C[C@@H]1CN(S(=O)(=O)c2cccc(C(=O)OCC(=O)NCc3ccccc3Cl)c2)C[C@H](C)O1. The van der Waals surface area contributed by atoms with Crippen LogP contribution in [0.15, 0.2) is 53.4 Å². The van der Waals surface area contributed by atoms with Gasteiger partial charge in [-0.15, -0.1) is 0 Å². The van der Waals surface area contributed by atoms with Crippen molar-refractivity contribution in [3.63, 3.8) is 0 Å². The Labute approximate surface area is 192 Å². The van der Waals surface area contributed by atoms with E-state index in [0.717, 1.165) is 5.56 Å². The number of hydrogen-bond acceptors (Lipinski definition) is 6. The number of carbonyl (C=O) groups is 2. The highest BCUT2D eigenvalue weighted by atomic mass is 35.5. The molecule has 1 fully saturated rings. The molecule has 10 heteroatoms. The number of hydrogen-bond donors (Lipinski definition) is 1. The van der Waals surface area contributed by atoms with Crippen LogP contribution in [0, 0.1) is 0 Å². The first-order chi connectivity index (χ1) is 15.2. The number of benzene rings is 2. The molecule has 0 bridgehead atoms. The van der Waals surface area contributed by atoms with Gasteiger partial charge in [-0.05, 0) is 43.7 Å². The first kappa shape index (κ1) is 24.2. The molecule has 3 rings (SSSR count). The number of esters is 1. The van der Waals surface area contributed by atoms with Gasteiger partial charge in [-0.2, -0.15) is 4.31 Å². The lowest BCUT2D eigenvalue weighted by Crippen LogP contribution is -2.48. The summed E-state index contributed by atoms with van der Waals surface area (Å²) in [5, 5.41) is 3.14. The van der Waals surface area contributed by atoms with E-state index in [1.807, 2.05) is 13.8 Å². The van der Waals surface area contributed by atoms with Crippen LogP contribution in [0.2, 0.25) is 5.02 Å². The Morgan fingerprint density at radius 2 is 1.81 bits per heavy atom. The van der Waals surface area contributed by atoms with Crippen molar-refractivity contribution < 1.29 is 27.5 Å². The topological polar surface area (TPSA) is 102 Å². The van der Waals surface area contributed by atoms with Gasteiger partial charge in [-0.3, -0.25) is 4.79 Å². The molecule has 172 valence electrons. The summed E-state index contributed by atoms with van der Waals surface area (Å²) >= 11 is 6.04. The predicted octanol–water partition coefficient (Wildman–Crippen LogP) is 2.61. The summed E-state index contributed by atoms with van der Waals surface area (Å²) in [6, 6.07) is 12.6. The molecule has 1 aliphatic heterocycles. The monoisotopic (exact) mass is 480 g/mol. The molecule has 1 aliphatic rings. The smallest absolute Gasteiger partial charge is 0.338 e. The highest BCUT2D eigenvalue weighted by molar-refractivity contribution is 7.89. The second-order valence-electron chi connectivity index (χ2n) is 7.55. The summed E-state index contributed by atoms with van der Waals surface area (Å²) in [7, 11) is -3.80. The lowest BCUT2D eigenvalue weighted by molar-refractivity contribution is -0.124. The molecule has 0 radical (unpaired) electrons. The van der Waals surface area contributed by atoms with Crippen molar-refractivity contribution in [2.75, 3.05) is 19.7 Å². The number of nitrogens with one attached hydrogen (secondary N) is 1. The lowest BCUT2D eigenvalue weighted by atomic mass is 10.2. The number of ether oxygens (including phenoxy) is 2. The molecule has 1 amide bonds. The minimum atomic E-state index is -3.80. The zero-order valence-corrected chi connectivity index (χ0v) is 19.4. The Morgan fingerprint density at radius 3 is 2.50 bits per heavy atom. The van der Waals surface area contributed by atoms with E-state index >= 15 is 0 Å². The van der Waals surface area contributed by atoms with Crippen molar-refractivity contribution >= 4 is 33.5 Å². The van der Waals surface area contributed by atoms with Crippen molar-refractivity contribution in [2.45, 2.75) is 37.5 Å². The molecule has 2 aromatic rings. The molecule has 32 heavy (non-hydrogen) atoms. The van der Waals surface area contributed by atoms with E-state index in [0.29, 0.717) is 5.02 Å². The van der Waals surface area contributed by atoms with Gasteiger partial charge >= 0.3 is 5.97 Å². The van der Waals surface area contributed by atoms with Crippen molar-refractivity contribution in [1.82, 2.24) is 9.62 Å². The summed E-state index contributed by atoms with van der Waals surface area (Å²) in [5.74, 6) is -1.29. The van der Waals surface area contributed by atoms with E-state index in [9.17, 15) is 18.0 Å². The summed E-state index contributed by atoms with van der Waals surface area (Å²) < 4.78 is 38.0. The van der Waals surface area contributed by atoms with Crippen LogP contribution in [0.5, 0.6) is 0 Å². The van der Waals surface area contributed by atoms with Crippen LogP contribution in [0.1, 0.15) is 29.8 Å². The van der Waals surface area contributed by atoms with Gasteiger partial charge in [-0.25, -0.2) is 13.2 Å². The van der Waals surface area contributed by atoms with Crippen LogP contribution in [0.3, 0.4) is 0 Å². The zero-order chi connectivity index (χ0) is 23.3. The molecular formula is C22H25ClN2O6S. The molecule has 0 aliphatic carbocycles. The maximum absolute atomic E-state index is 13.0. The first-order valence-corrected chi connectivity index (χ1v) is 11.9. The third-order valence-electron chi connectivity index (χ3n) is 4.86. The number of halogens is 1. The number of amides is 1. The molecule has 1 saturated heterocycles. The summed E-state index contributed by atoms with van der Waals surface area (Å²) in [4.78, 5) is 24.4. The predicted molar refractivity (Wildman–Crippen MR) is 119 cm³/mol. The van der Waals surface area contributed by atoms with Crippen molar-refractivity contribution in [3.8, 4) is 0 Å². The standard InChI is InChI=1S/C22H25ClN2O6S/c1-15-12-25(13-16(2)31-15)32(28,29)19-8-5-7-17(10-19)22(27)30-14-21(26)24-11-18-6-3-4-9-20(18)23/h3-10,15-16H,11-14H2,1-2H3,(H,24,26)/t15-,16+. The van der Waals surface area contributed by atoms with Gasteiger partial charge in [0, 0.05) is 24.7 Å². The molecule has 0 aromatic heterocycles. The Morgan fingerprint density at radius 1 is 1.12 bits per heavy atom. The fourth-order valence-corrected chi connectivity index (χ4v) is 5.20. The zero-order valence-electron chi connectivity index (χ0n) is 17.8. The van der Waals surface area contributed by atoms with E-state index in [2.05, 4.69) is 5.32 Å². The van der Waals surface area contributed by atoms with Crippen molar-refractivity contribution in [2.24, 2.45) is 0 Å². The molecule has 8 nitrogen and oxygen atoms in total. The Hall–Kier alpha value is -2.46. The highest BCUT2D eigenvalue weighted by Crippen LogP contribution is 2.22. The van der Waals surface area contributed by atoms with Crippen molar-refractivity contribution in [3.05, 3.63) is 64.7 Å². The second-order valence-corrected chi connectivity index (χ2v) is 9.90. The number of nitrogens with zero attached hydrogens (tertiary/aromatic N) is 1. The van der Waals surface area contributed by atoms with Gasteiger partial charge in [0.15, 0.2) is 6.61 Å². The molecular weight excluding hydrogens is 456 g/mol. The molecule has 0 saturated carbocycles. The molecule has 2 atom stereocenters. The maximum Gasteiger partial charge on any atom is 0.338 e. The van der Waals surface area contributed by atoms with Gasteiger partial charge in [0.2, 0.25) is 10.0 Å². The number of rotatable bonds is 7. The first-order valence-electron chi connectivity index (χ1n) is 10.1. The normalized spacial score (nSPS) is 19.3. The molecule has 0 unspecified atom stereocenters. The van der Waals surface area contributed by atoms with Gasteiger partial charge in [0.1, 0.15) is 0 Å². The number of carbonyl (C=O) groups excluding carboxylic acids is 2. The van der Waals surface area contributed by atoms with E-state index < -0.39 is 28.5 Å². The minimum Gasteiger partial charge on any atom is -0.452 e. The molecule has 1 heterocycles. The van der Waals surface area contributed by atoms with E-state index in [1.165, 1.54) is 28.6 Å². The van der Waals surface area contributed by atoms with Crippen LogP contribution in [0.4, 0.5) is 0 Å².